The van der Waals surface area contributed by atoms with Crippen LogP contribution in [0.1, 0.15) is 32.1 Å². The smallest absolute Gasteiger partial charge is 0.266 e. The highest BCUT2D eigenvalue weighted by molar-refractivity contribution is 5.57. The van der Waals surface area contributed by atoms with Crippen molar-refractivity contribution in [3.63, 3.8) is 0 Å². The molecule has 1 heterocycles. The number of rotatable bonds is 3. The van der Waals surface area contributed by atoms with E-state index in [1.807, 2.05) is 0 Å². The molecule has 1 N–H and O–H groups in total. The summed E-state index contributed by atoms with van der Waals surface area (Å²) in [5, 5.41) is 14.9. The number of hydrogen-bond acceptors (Lipinski definition) is 3. The standard InChI is InChI=1S/C17H19FN2O2/c18-14-6-4-13(5-7-14)15-8-9-16(21)20(19-15)12-17(22)10-2-1-3-11-17/h4-9,22H,1-3,10-12H2. The zero-order valence-corrected chi connectivity index (χ0v) is 12.3. The molecule has 116 valence electrons. The summed E-state index contributed by atoms with van der Waals surface area (Å²) in [5.74, 6) is -0.311. The van der Waals surface area contributed by atoms with E-state index in [9.17, 15) is 14.3 Å². The van der Waals surface area contributed by atoms with E-state index in [0.717, 1.165) is 24.8 Å². The van der Waals surface area contributed by atoms with Gasteiger partial charge < -0.3 is 5.11 Å². The van der Waals surface area contributed by atoms with Gasteiger partial charge in [0, 0.05) is 11.6 Å². The summed E-state index contributed by atoms with van der Waals surface area (Å²) in [4.78, 5) is 12.0. The van der Waals surface area contributed by atoms with Gasteiger partial charge in [-0.1, -0.05) is 19.3 Å². The highest BCUT2D eigenvalue weighted by Gasteiger charge is 2.30. The Morgan fingerprint density at radius 3 is 2.45 bits per heavy atom. The molecule has 0 radical (unpaired) electrons. The summed E-state index contributed by atoms with van der Waals surface area (Å²) >= 11 is 0. The molecule has 0 atom stereocenters. The van der Waals surface area contributed by atoms with Crippen LogP contribution in [0.4, 0.5) is 4.39 Å². The lowest BCUT2D eigenvalue weighted by Crippen LogP contribution is -2.40. The van der Waals surface area contributed by atoms with Gasteiger partial charge in [-0.25, -0.2) is 9.07 Å². The van der Waals surface area contributed by atoms with Gasteiger partial charge in [-0.2, -0.15) is 5.10 Å². The van der Waals surface area contributed by atoms with Gasteiger partial charge in [-0.3, -0.25) is 4.79 Å². The van der Waals surface area contributed by atoms with E-state index in [0.29, 0.717) is 18.5 Å². The molecule has 0 bridgehead atoms. The molecule has 1 saturated carbocycles. The number of nitrogens with zero attached hydrogens (tertiary/aromatic N) is 2. The number of aromatic nitrogens is 2. The first-order valence-corrected chi connectivity index (χ1v) is 7.62. The number of aliphatic hydroxyl groups is 1. The third kappa shape index (κ3) is 3.25. The molecule has 1 aliphatic rings. The molecule has 0 spiro atoms. The Bertz CT molecular complexity index is 703. The molecule has 0 aliphatic heterocycles. The quantitative estimate of drug-likeness (QED) is 0.948. The van der Waals surface area contributed by atoms with Gasteiger partial charge in [0.15, 0.2) is 0 Å². The first-order chi connectivity index (χ1) is 10.6. The molecule has 22 heavy (non-hydrogen) atoms. The van der Waals surface area contributed by atoms with Gasteiger partial charge in [0.2, 0.25) is 0 Å². The maximum Gasteiger partial charge on any atom is 0.266 e. The summed E-state index contributed by atoms with van der Waals surface area (Å²) in [6.45, 7) is 0.209. The van der Waals surface area contributed by atoms with Crippen LogP contribution in [0, 0.1) is 5.82 Å². The van der Waals surface area contributed by atoms with Gasteiger partial charge in [0.1, 0.15) is 5.82 Å². The lowest BCUT2D eigenvalue weighted by atomic mass is 9.85. The Labute approximate surface area is 128 Å². The Hall–Kier alpha value is -2.01. The number of benzene rings is 1. The van der Waals surface area contributed by atoms with Gasteiger partial charge in [-0.05, 0) is 43.2 Å². The van der Waals surface area contributed by atoms with Crippen LogP contribution in [0.15, 0.2) is 41.2 Å². The van der Waals surface area contributed by atoms with Crippen LogP contribution in [-0.4, -0.2) is 20.5 Å². The Balaban J connectivity index is 1.89. The van der Waals surface area contributed by atoms with E-state index in [4.69, 9.17) is 0 Å². The molecule has 0 amide bonds. The number of hydrogen-bond donors (Lipinski definition) is 1. The van der Waals surface area contributed by atoms with Crippen molar-refractivity contribution in [2.75, 3.05) is 0 Å². The summed E-state index contributed by atoms with van der Waals surface area (Å²) in [5.41, 5.74) is 0.255. The predicted octanol–water partition coefficient (Wildman–Crippen LogP) is 2.74. The van der Waals surface area contributed by atoms with Gasteiger partial charge in [0.25, 0.3) is 5.56 Å². The van der Waals surface area contributed by atoms with Crippen LogP contribution in [0.2, 0.25) is 0 Å². The zero-order valence-electron chi connectivity index (χ0n) is 12.3. The molecule has 1 aromatic carbocycles. The molecule has 0 unspecified atom stereocenters. The molecule has 2 aromatic rings. The minimum absolute atomic E-state index is 0.209. The first-order valence-electron chi connectivity index (χ1n) is 7.62. The van der Waals surface area contributed by atoms with Crippen LogP contribution in [0.3, 0.4) is 0 Å². The Morgan fingerprint density at radius 1 is 1.09 bits per heavy atom. The van der Waals surface area contributed by atoms with Crippen molar-refractivity contribution >= 4 is 0 Å². The van der Waals surface area contributed by atoms with E-state index in [1.54, 1.807) is 18.2 Å². The molecule has 4 nitrogen and oxygen atoms in total. The van der Waals surface area contributed by atoms with Crippen molar-refractivity contribution < 1.29 is 9.50 Å². The summed E-state index contributed by atoms with van der Waals surface area (Å²) in [6.07, 6.45) is 4.47. The van der Waals surface area contributed by atoms with Crippen molar-refractivity contribution in [1.29, 1.82) is 0 Å². The first kappa shape index (κ1) is 14.9. The van der Waals surface area contributed by atoms with Crippen molar-refractivity contribution in [3.05, 3.63) is 52.6 Å². The normalized spacial score (nSPS) is 17.4. The largest absolute Gasteiger partial charge is 0.388 e. The highest BCUT2D eigenvalue weighted by atomic mass is 19.1. The second-order valence-corrected chi connectivity index (χ2v) is 6.01. The van der Waals surface area contributed by atoms with Crippen molar-refractivity contribution in [3.8, 4) is 11.3 Å². The van der Waals surface area contributed by atoms with E-state index < -0.39 is 5.60 Å². The fourth-order valence-electron chi connectivity index (χ4n) is 2.98. The molecule has 1 aromatic heterocycles. The van der Waals surface area contributed by atoms with Crippen LogP contribution < -0.4 is 5.56 Å². The second kappa shape index (κ2) is 6.01. The van der Waals surface area contributed by atoms with E-state index in [-0.39, 0.29) is 17.9 Å². The average Bonchev–Trinajstić information content (AvgIpc) is 2.51. The fraction of sp³-hybridized carbons (Fsp3) is 0.412. The predicted molar refractivity (Wildman–Crippen MR) is 81.9 cm³/mol. The SMILES string of the molecule is O=c1ccc(-c2ccc(F)cc2)nn1CC1(O)CCCCC1. The topological polar surface area (TPSA) is 55.1 Å². The van der Waals surface area contributed by atoms with E-state index in [2.05, 4.69) is 5.10 Å². The van der Waals surface area contributed by atoms with Crippen molar-refractivity contribution in [1.82, 2.24) is 9.78 Å². The monoisotopic (exact) mass is 302 g/mol. The summed E-state index contributed by atoms with van der Waals surface area (Å²) in [6, 6.07) is 9.04. The second-order valence-electron chi connectivity index (χ2n) is 6.01. The van der Waals surface area contributed by atoms with Crippen LogP contribution in [0.5, 0.6) is 0 Å². The molecular weight excluding hydrogens is 283 g/mol. The minimum atomic E-state index is -0.851. The summed E-state index contributed by atoms with van der Waals surface area (Å²) in [7, 11) is 0. The van der Waals surface area contributed by atoms with Gasteiger partial charge >= 0.3 is 0 Å². The van der Waals surface area contributed by atoms with Crippen LogP contribution in [-0.2, 0) is 6.54 Å². The zero-order chi connectivity index (χ0) is 15.6. The lowest BCUT2D eigenvalue weighted by Gasteiger charge is -2.32. The molecular formula is C17H19FN2O2. The molecule has 1 aliphatic carbocycles. The third-order valence-corrected chi connectivity index (χ3v) is 4.23. The number of halogens is 1. The molecule has 1 fully saturated rings. The van der Waals surface area contributed by atoms with E-state index in [1.165, 1.54) is 22.9 Å². The molecule has 0 saturated heterocycles. The molecule has 3 rings (SSSR count). The highest BCUT2D eigenvalue weighted by Crippen LogP contribution is 2.29. The summed E-state index contributed by atoms with van der Waals surface area (Å²) < 4.78 is 14.3. The fourth-order valence-corrected chi connectivity index (χ4v) is 2.98. The lowest BCUT2D eigenvalue weighted by molar-refractivity contribution is -0.0153. The Morgan fingerprint density at radius 2 is 1.77 bits per heavy atom. The van der Waals surface area contributed by atoms with Gasteiger partial charge in [-0.15, -0.1) is 0 Å². The average molecular weight is 302 g/mol. The van der Waals surface area contributed by atoms with Crippen LogP contribution in [0.25, 0.3) is 11.3 Å². The maximum atomic E-state index is 13.0. The maximum absolute atomic E-state index is 13.0. The van der Waals surface area contributed by atoms with Crippen molar-refractivity contribution in [2.45, 2.75) is 44.2 Å². The van der Waals surface area contributed by atoms with Crippen LogP contribution >= 0.6 is 0 Å². The Kier molecular flexibility index (Phi) is 4.07. The van der Waals surface area contributed by atoms with E-state index >= 15 is 0 Å². The van der Waals surface area contributed by atoms with Gasteiger partial charge in [0.05, 0.1) is 17.8 Å². The van der Waals surface area contributed by atoms with Crippen molar-refractivity contribution in [2.24, 2.45) is 0 Å². The minimum Gasteiger partial charge on any atom is -0.388 e. The third-order valence-electron chi connectivity index (χ3n) is 4.23. The molecule has 5 heteroatoms.